The Balaban J connectivity index is 3.97. The summed E-state index contributed by atoms with van der Waals surface area (Å²) >= 11 is 0. The molecule has 1 unspecified atom stereocenters. The van der Waals surface area contributed by atoms with Crippen molar-refractivity contribution in [1.82, 2.24) is 10.6 Å². The molecule has 5 N–H and O–H groups in total. The monoisotopic (exact) mass is 274 g/mol. The highest BCUT2D eigenvalue weighted by Gasteiger charge is 2.23. The molecule has 0 aliphatic carbocycles. The third-order valence-corrected chi connectivity index (χ3v) is 3.00. The van der Waals surface area contributed by atoms with Crippen molar-refractivity contribution >= 4 is 11.7 Å². The molecule has 0 aliphatic heterocycles. The first-order valence-corrected chi connectivity index (χ1v) is 6.33. The quantitative estimate of drug-likeness (QED) is 0.154. The van der Waals surface area contributed by atoms with Gasteiger partial charge in [0.2, 0.25) is 5.91 Å². The van der Waals surface area contributed by atoms with Gasteiger partial charge in [-0.2, -0.15) is 0 Å². The highest BCUT2D eigenvalue weighted by Crippen LogP contribution is 2.19. The molecule has 7 heteroatoms. The number of oxime groups is 1. The van der Waals surface area contributed by atoms with Crippen molar-refractivity contribution in [2.75, 3.05) is 26.8 Å². The molecule has 112 valence electrons. The summed E-state index contributed by atoms with van der Waals surface area (Å²) < 4.78 is 4.85. The predicted octanol–water partition coefficient (Wildman–Crippen LogP) is -0.110. The molecule has 0 saturated heterocycles. The highest BCUT2D eigenvalue weighted by atomic mass is 16.5. The number of nitrogens with zero attached hydrogens (tertiary/aromatic N) is 1. The van der Waals surface area contributed by atoms with E-state index >= 15 is 0 Å². The second-order valence-corrected chi connectivity index (χ2v) is 5.08. The van der Waals surface area contributed by atoms with E-state index in [1.807, 2.05) is 13.8 Å². The average molecular weight is 274 g/mol. The van der Waals surface area contributed by atoms with E-state index < -0.39 is 5.41 Å². The van der Waals surface area contributed by atoms with Crippen molar-refractivity contribution in [3.8, 4) is 0 Å². The zero-order valence-electron chi connectivity index (χ0n) is 12.2. The summed E-state index contributed by atoms with van der Waals surface area (Å²) in [5.41, 5.74) is 5.18. The number of nitrogens with one attached hydrogen (secondary N) is 2. The predicted molar refractivity (Wildman–Crippen MR) is 74.2 cm³/mol. The topological polar surface area (TPSA) is 109 Å². The van der Waals surface area contributed by atoms with Gasteiger partial charge in [0.15, 0.2) is 0 Å². The van der Waals surface area contributed by atoms with Crippen molar-refractivity contribution in [1.29, 1.82) is 0 Å². The Morgan fingerprint density at radius 3 is 2.63 bits per heavy atom. The van der Waals surface area contributed by atoms with Crippen LogP contribution in [-0.2, 0) is 9.53 Å². The molecule has 1 amide bonds. The molecule has 7 nitrogen and oxygen atoms in total. The molecule has 0 saturated carbocycles. The first-order chi connectivity index (χ1) is 8.85. The van der Waals surface area contributed by atoms with Gasteiger partial charge in [-0.05, 0) is 19.9 Å². The fourth-order valence-corrected chi connectivity index (χ4v) is 1.39. The van der Waals surface area contributed by atoms with E-state index in [-0.39, 0.29) is 17.8 Å². The zero-order chi connectivity index (χ0) is 14.9. The Morgan fingerprint density at radius 2 is 2.11 bits per heavy atom. The fourth-order valence-electron chi connectivity index (χ4n) is 1.39. The Morgan fingerprint density at radius 1 is 1.47 bits per heavy atom. The lowest BCUT2D eigenvalue weighted by Crippen LogP contribution is -2.44. The van der Waals surface area contributed by atoms with Gasteiger partial charge in [-0.25, -0.2) is 0 Å². The van der Waals surface area contributed by atoms with Crippen molar-refractivity contribution in [3.63, 3.8) is 0 Å². The molecule has 0 bridgehead atoms. The van der Waals surface area contributed by atoms with Crippen LogP contribution in [0.25, 0.3) is 0 Å². The molecular formula is C12H26N4O3. The SMILES string of the molecule is COCCNC(=O)C(C)NCCC(C)(C)C(N)=NO. The molecule has 0 aromatic rings. The van der Waals surface area contributed by atoms with E-state index in [9.17, 15) is 4.79 Å². The summed E-state index contributed by atoms with van der Waals surface area (Å²) in [6.45, 7) is 7.15. The van der Waals surface area contributed by atoms with Crippen LogP contribution in [0, 0.1) is 5.41 Å². The Labute approximate surface area is 114 Å². The summed E-state index contributed by atoms with van der Waals surface area (Å²) in [7, 11) is 1.59. The van der Waals surface area contributed by atoms with Crippen LogP contribution in [0.4, 0.5) is 0 Å². The number of carbonyl (C=O) groups is 1. The van der Waals surface area contributed by atoms with Crippen molar-refractivity contribution in [3.05, 3.63) is 0 Å². The van der Waals surface area contributed by atoms with E-state index in [4.69, 9.17) is 15.7 Å². The van der Waals surface area contributed by atoms with E-state index in [2.05, 4.69) is 15.8 Å². The molecule has 19 heavy (non-hydrogen) atoms. The van der Waals surface area contributed by atoms with Gasteiger partial charge in [-0.15, -0.1) is 0 Å². The Kier molecular flexibility index (Phi) is 8.09. The van der Waals surface area contributed by atoms with Crippen LogP contribution in [0.3, 0.4) is 0 Å². The van der Waals surface area contributed by atoms with Gasteiger partial charge in [0.25, 0.3) is 0 Å². The summed E-state index contributed by atoms with van der Waals surface area (Å²) in [6.07, 6.45) is 0.665. The first-order valence-electron chi connectivity index (χ1n) is 6.33. The van der Waals surface area contributed by atoms with E-state index in [1.54, 1.807) is 14.0 Å². The Bertz CT molecular complexity index is 305. The molecule has 0 radical (unpaired) electrons. The van der Waals surface area contributed by atoms with Gasteiger partial charge in [-0.3, -0.25) is 4.79 Å². The molecule has 0 aromatic carbocycles. The van der Waals surface area contributed by atoms with Crippen LogP contribution < -0.4 is 16.4 Å². The number of carbonyl (C=O) groups excluding carboxylic acids is 1. The van der Waals surface area contributed by atoms with E-state index in [0.29, 0.717) is 26.1 Å². The zero-order valence-corrected chi connectivity index (χ0v) is 12.2. The van der Waals surface area contributed by atoms with Gasteiger partial charge >= 0.3 is 0 Å². The normalized spacial score (nSPS) is 14.2. The number of methoxy groups -OCH3 is 1. The molecule has 0 aromatic heterocycles. The highest BCUT2D eigenvalue weighted by molar-refractivity contribution is 5.85. The molecule has 0 spiro atoms. The number of hydrogen-bond acceptors (Lipinski definition) is 5. The van der Waals surface area contributed by atoms with Gasteiger partial charge < -0.3 is 26.3 Å². The summed E-state index contributed by atoms with van der Waals surface area (Å²) in [5, 5.41) is 17.5. The van der Waals surface area contributed by atoms with Crippen LogP contribution in [0.15, 0.2) is 5.16 Å². The minimum absolute atomic E-state index is 0.0707. The molecule has 0 rings (SSSR count). The van der Waals surface area contributed by atoms with Crippen molar-refractivity contribution < 1.29 is 14.7 Å². The maximum atomic E-state index is 11.6. The van der Waals surface area contributed by atoms with E-state index in [1.165, 1.54) is 0 Å². The average Bonchev–Trinajstić information content (AvgIpc) is 2.37. The maximum Gasteiger partial charge on any atom is 0.236 e. The maximum absolute atomic E-state index is 11.6. The van der Waals surface area contributed by atoms with Gasteiger partial charge in [0.05, 0.1) is 12.6 Å². The summed E-state index contributed by atoms with van der Waals surface area (Å²) in [6, 6.07) is -0.292. The lowest BCUT2D eigenvalue weighted by atomic mass is 9.88. The molecule has 0 heterocycles. The Hall–Kier alpha value is -1.34. The first kappa shape index (κ1) is 17.7. The van der Waals surface area contributed by atoms with Gasteiger partial charge in [0, 0.05) is 19.1 Å². The smallest absolute Gasteiger partial charge is 0.236 e. The number of amidine groups is 1. The number of nitrogens with two attached hydrogens (primary N) is 1. The van der Waals surface area contributed by atoms with Gasteiger partial charge in [-0.1, -0.05) is 19.0 Å². The molecule has 0 aliphatic rings. The number of rotatable bonds is 9. The number of ether oxygens (including phenoxy) is 1. The summed E-state index contributed by atoms with van der Waals surface area (Å²) in [4.78, 5) is 11.6. The minimum Gasteiger partial charge on any atom is -0.409 e. The van der Waals surface area contributed by atoms with Crippen LogP contribution >= 0.6 is 0 Å². The summed E-state index contributed by atoms with van der Waals surface area (Å²) in [5.74, 6) is 0.116. The van der Waals surface area contributed by atoms with Crippen LogP contribution in [0.5, 0.6) is 0 Å². The van der Waals surface area contributed by atoms with E-state index in [0.717, 1.165) is 0 Å². The van der Waals surface area contributed by atoms with Crippen LogP contribution in [0.1, 0.15) is 27.2 Å². The van der Waals surface area contributed by atoms with Crippen molar-refractivity contribution in [2.45, 2.75) is 33.2 Å². The number of hydrogen-bond donors (Lipinski definition) is 4. The van der Waals surface area contributed by atoms with Crippen LogP contribution in [0.2, 0.25) is 0 Å². The molecular weight excluding hydrogens is 248 g/mol. The standard InChI is InChI=1S/C12H26N4O3/c1-9(10(17)15-7-8-19-4)14-6-5-12(2,3)11(13)16-18/h9,14,18H,5-8H2,1-4H3,(H2,13,16)(H,15,17). The third kappa shape index (κ3) is 6.97. The minimum atomic E-state index is -0.409. The fraction of sp³-hybridized carbons (Fsp3) is 0.833. The molecule has 1 atom stereocenters. The second-order valence-electron chi connectivity index (χ2n) is 5.08. The number of amides is 1. The van der Waals surface area contributed by atoms with Crippen molar-refractivity contribution in [2.24, 2.45) is 16.3 Å². The second kappa shape index (κ2) is 8.71. The molecule has 0 fully saturated rings. The largest absolute Gasteiger partial charge is 0.409 e. The van der Waals surface area contributed by atoms with Gasteiger partial charge in [0.1, 0.15) is 5.84 Å². The lowest BCUT2D eigenvalue weighted by Gasteiger charge is -2.24. The lowest BCUT2D eigenvalue weighted by molar-refractivity contribution is -0.122. The third-order valence-electron chi connectivity index (χ3n) is 3.00. The van der Waals surface area contributed by atoms with Crippen LogP contribution in [-0.4, -0.2) is 49.8 Å².